The van der Waals surface area contributed by atoms with E-state index in [1.54, 1.807) is 7.11 Å². The molecule has 1 N–H and O–H groups in total. The van der Waals surface area contributed by atoms with E-state index in [0.29, 0.717) is 37.8 Å². The molecule has 24 heavy (non-hydrogen) atoms. The molecular weight excluding hydrogens is 356 g/mol. The predicted molar refractivity (Wildman–Crippen MR) is 91.6 cm³/mol. The Morgan fingerprint density at radius 1 is 1.21 bits per heavy atom. The van der Waals surface area contributed by atoms with Crippen LogP contribution >= 0.6 is 11.6 Å². The number of ether oxygens (including phenoxy) is 2. The molecule has 0 spiro atoms. The number of halogens is 1. The fourth-order valence-electron chi connectivity index (χ4n) is 1.78. The maximum Gasteiger partial charge on any atom is 0.243 e. The van der Waals surface area contributed by atoms with Crippen LogP contribution in [-0.4, -0.2) is 65.7 Å². The summed E-state index contributed by atoms with van der Waals surface area (Å²) in [5.74, 6) is -0.369. The summed E-state index contributed by atoms with van der Waals surface area (Å²) in [6.07, 6.45) is 0.642. The van der Waals surface area contributed by atoms with E-state index in [-0.39, 0.29) is 17.3 Å². The Labute approximate surface area is 147 Å². The van der Waals surface area contributed by atoms with Crippen LogP contribution < -0.4 is 5.32 Å². The number of sulfonamides is 1. The molecule has 1 aromatic carbocycles. The summed E-state index contributed by atoms with van der Waals surface area (Å²) in [6.45, 7) is 1.70. The van der Waals surface area contributed by atoms with Gasteiger partial charge in [-0.2, -0.15) is 4.31 Å². The molecule has 0 aliphatic carbocycles. The summed E-state index contributed by atoms with van der Waals surface area (Å²) in [4.78, 5) is 11.9. The normalized spacial score (nSPS) is 11.7. The summed E-state index contributed by atoms with van der Waals surface area (Å²) in [5, 5.41) is 3.11. The second-order valence-electron chi connectivity index (χ2n) is 5.02. The third kappa shape index (κ3) is 7.14. The highest BCUT2D eigenvalue weighted by molar-refractivity contribution is 7.89. The van der Waals surface area contributed by atoms with Crippen molar-refractivity contribution in [3.05, 3.63) is 29.3 Å². The van der Waals surface area contributed by atoms with Gasteiger partial charge in [0.1, 0.15) is 0 Å². The Morgan fingerprint density at radius 3 is 2.50 bits per heavy atom. The minimum atomic E-state index is -3.72. The van der Waals surface area contributed by atoms with Crippen molar-refractivity contribution >= 4 is 27.5 Å². The van der Waals surface area contributed by atoms with Gasteiger partial charge in [0.15, 0.2) is 0 Å². The zero-order valence-electron chi connectivity index (χ0n) is 13.8. The highest BCUT2D eigenvalue weighted by atomic mass is 35.5. The number of amides is 1. The maximum atomic E-state index is 12.3. The molecule has 0 radical (unpaired) electrons. The molecule has 9 heteroatoms. The van der Waals surface area contributed by atoms with Crippen molar-refractivity contribution in [2.45, 2.75) is 11.3 Å². The van der Waals surface area contributed by atoms with Gasteiger partial charge >= 0.3 is 0 Å². The third-order valence-corrected chi connectivity index (χ3v) is 5.18. The SMILES string of the molecule is COCCOCCCNC(=O)CN(C)S(=O)(=O)c1ccc(Cl)cc1. The van der Waals surface area contributed by atoms with E-state index in [9.17, 15) is 13.2 Å². The van der Waals surface area contributed by atoms with E-state index in [0.717, 1.165) is 4.31 Å². The minimum absolute atomic E-state index is 0.0914. The van der Waals surface area contributed by atoms with Gasteiger partial charge in [0.05, 0.1) is 24.7 Å². The van der Waals surface area contributed by atoms with Crippen LogP contribution in [-0.2, 0) is 24.3 Å². The fraction of sp³-hybridized carbons (Fsp3) is 0.533. The van der Waals surface area contributed by atoms with Gasteiger partial charge in [0.2, 0.25) is 15.9 Å². The van der Waals surface area contributed by atoms with Gasteiger partial charge in [0, 0.05) is 32.3 Å². The van der Waals surface area contributed by atoms with Crippen molar-refractivity contribution in [3.63, 3.8) is 0 Å². The standard InChI is InChI=1S/C15H23ClN2O5S/c1-18(24(20,21)14-6-4-13(16)5-7-14)12-15(19)17-8-3-9-23-11-10-22-2/h4-7H,3,8-12H2,1-2H3,(H,17,19). The zero-order valence-corrected chi connectivity index (χ0v) is 15.4. The van der Waals surface area contributed by atoms with Crippen LogP contribution in [0.2, 0.25) is 5.02 Å². The Morgan fingerprint density at radius 2 is 1.88 bits per heavy atom. The average molecular weight is 379 g/mol. The smallest absolute Gasteiger partial charge is 0.243 e. The van der Waals surface area contributed by atoms with E-state index < -0.39 is 10.0 Å². The van der Waals surface area contributed by atoms with Crippen LogP contribution in [0.5, 0.6) is 0 Å². The molecule has 0 aliphatic rings. The molecule has 1 aromatic rings. The zero-order chi connectivity index (χ0) is 18.0. The van der Waals surface area contributed by atoms with Crippen molar-refractivity contribution in [1.29, 1.82) is 0 Å². The summed E-state index contributed by atoms with van der Waals surface area (Å²) in [5.41, 5.74) is 0. The molecule has 0 heterocycles. The lowest BCUT2D eigenvalue weighted by molar-refractivity contribution is -0.121. The number of likely N-dealkylation sites (N-methyl/N-ethyl adjacent to an activating group) is 1. The third-order valence-electron chi connectivity index (χ3n) is 3.11. The second-order valence-corrected chi connectivity index (χ2v) is 7.51. The Balaban J connectivity index is 2.36. The van der Waals surface area contributed by atoms with Gasteiger partial charge in [-0.3, -0.25) is 4.79 Å². The van der Waals surface area contributed by atoms with E-state index >= 15 is 0 Å². The molecule has 0 aromatic heterocycles. The molecule has 136 valence electrons. The summed E-state index contributed by atoms with van der Waals surface area (Å²) < 4.78 is 35.8. The number of carbonyl (C=O) groups is 1. The van der Waals surface area contributed by atoms with Crippen LogP contribution in [0.15, 0.2) is 29.2 Å². The van der Waals surface area contributed by atoms with Gasteiger partial charge in [-0.15, -0.1) is 0 Å². The van der Waals surface area contributed by atoms with Gasteiger partial charge in [0.25, 0.3) is 0 Å². The number of hydrogen-bond acceptors (Lipinski definition) is 5. The van der Waals surface area contributed by atoms with E-state index in [4.69, 9.17) is 21.1 Å². The molecular formula is C15H23ClN2O5S. The number of benzene rings is 1. The van der Waals surface area contributed by atoms with Gasteiger partial charge < -0.3 is 14.8 Å². The van der Waals surface area contributed by atoms with E-state index in [1.807, 2.05) is 0 Å². The fourth-order valence-corrected chi connectivity index (χ4v) is 3.03. The molecule has 0 saturated heterocycles. The van der Waals surface area contributed by atoms with Crippen molar-refractivity contribution in [3.8, 4) is 0 Å². The molecule has 0 saturated carbocycles. The highest BCUT2D eigenvalue weighted by Gasteiger charge is 2.22. The Hall–Kier alpha value is -1.19. The number of rotatable bonds is 11. The number of methoxy groups -OCH3 is 1. The first-order valence-corrected chi connectivity index (χ1v) is 9.25. The van der Waals surface area contributed by atoms with Crippen LogP contribution in [0.4, 0.5) is 0 Å². The molecule has 0 bridgehead atoms. The monoisotopic (exact) mass is 378 g/mol. The number of hydrogen-bond donors (Lipinski definition) is 1. The lowest BCUT2D eigenvalue weighted by atomic mass is 10.4. The summed E-state index contributed by atoms with van der Waals surface area (Å²) >= 11 is 5.75. The predicted octanol–water partition coefficient (Wildman–Crippen LogP) is 1.13. The Bertz CT molecular complexity index is 607. The quantitative estimate of drug-likeness (QED) is 0.583. The first kappa shape index (κ1) is 20.9. The summed E-state index contributed by atoms with van der Waals surface area (Å²) in [7, 11) is -0.767. The molecule has 1 amide bonds. The largest absolute Gasteiger partial charge is 0.382 e. The summed E-state index contributed by atoms with van der Waals surface area (Å²) in [6, 6.07) is 5.80. The van der Waals surface area contributed by atoms with Gasteiger partial charge in [-0.25, -0.2) is 8.42 Å². The van der Waals surface area contributed by atoms with Crippen molar-refractivity contribution in [2.75, 3.05) is 47.1 Å². The Kier molecular flexibility index (Phi) is 9.24. The molecule has 0 unspecified atom stereocenters. The maximum absolute atomic E-state index is 12.3. The lowest BCUT2D eigenvalue weighted by Gasteiger charge is -2.17. The first-order valence-electron chi connectivity index (χ1n) is 7.43. The van der Waals surface area contributed by atoms with Gasteiger partial charge in [-0.1, -0.05) is 11.6 Å². The topological polar surface area (TPSA) is 84.9 Å². The van der Waals surface area contributed by atoms with Crippen LogP contribution in [0.1, 0.15) is 6.42 Å². The van der Waals surface area contributed by atoms with E-state index in [2.05, 4.69) is 5.32 Å². The van der Waals surface area contributed by atoms with Crippen molar-refractivity contribution in [1.82, 2.24) is 9.62 Å². The van der Waals surface area contributed by atoms with Crippen LogP contribution in [0.25, 0.3) is 0 Å². The average Bonchev–Trinajstić information content (AvgIpc) is 2.54. The number of nitrogens with one attached hydrogen (secondary N) is 1. The lowest BCUT2D eigenvalue weighted by Crippen LogP contribution is -2.38. The second kappa shape index (κ2) is 10.6. The number of carbonyl (C=O) groups excluding carboxylic acids is 1. The molecule has 0 fully saturated rings. The number of nitrogens with zero attached hydrogens (tertiary/aromatic N) is 1. The molecule has 0 atom stereocenters. The van der Waals surface area contributed by atoms with Crippen molar-refractivity contribution < 1.29 is 22.7 Å². The molecule has 7 nitrogen and oxygen atoms in total. The molecule has 1 rings (SSSR count). The highest BCUT2D eigenvalue weighted by Crippen LogP contribution is 2.17. The first-order chi connectivity index (χ1) is 11.4. The molecule has 0 aliphatic heterocycles. The van der Waals surface area contributed by atoms with Gasteiger partial charge in [-0.05, 0) is 30.7 Å². The van der Waals surface area contributed by atoms with E-state index in [1.165, 1.54) is 31.3 Å². The minimum Gasteiger partial charge on any atom is -0.382 e. The van der Waals surface area contributed by atoms with Crippen LogP contribution in [0, 0.1) is 0 Å². The van der Waals surface area contributed by atoms with Crippen molar-refractivity contribution in [2.24, 2.45) is 0 Å². The van der Waals surface area contributed by atoms with Crippen LogP contribution in [0.3, 0.4) is 0 Å².